The minimum absolute atomic E-state index is 0.291. The molecule has 16 heavy (non-hydrogen) atoms. The lowest BCUT2D eigenvalue weighted by atomic mass is 9.84. The van der Waals surface area contributed by atoms with E-state index in [-0.39, 0.29) is 0 Å². The molecule has 84 valence electrons. The van der Waals surface area contributed by atoms with E-state index in [2.05, 4.69) is 39.8 Å². The lowest BCUT2D eigenvalue weighted by Crippen LogP contribution is -2.06. The van der Waals surface area contributed by atoms with Gasteiger partial charge in [-0.3, -0.25) is 0 Å². The molecule has 0 amide bonds. The third kappa shape index (κ3) is 1.01. The number of hydrogen-bond donors (Lipinski definition) is 0. The second-order valence-electron chi connectivity index (χ2n) is 4.95. The van der Waals surface area contributed by atoms with Crippen LogP contribution in [0, 0.1) is 27.7 Å². The van der Waals surface area contributed by atoms with E-state index in [1.54, 1.807) is 0 Å². The van der Waals surface area contributed by atoms with Crippen LogP contribution in [-0.4, -0.2) is 4.42 Å². The van der Waals surface area contributed by atoms with Crippen molar-refractivity contribution in [1.82, 2.24) is 4.42 Å². The van der Waals surface area contributed by atoms with Crippen molar-refractivity contribution in [1.29, 1.82) is 0 Å². The quantitative estimate of drug-likeness (QED) is 0.483. The molecule has 2 aliphatic rings. The van der Waals surface area contributed by atoms with Crippen LogP contribution in [0.4, 0.5) is 0 Å². The van der Waals surface area contributed by atoms with Gasteiger partial charge in [0.1, 0.15) is 0 Å². The maximum Gasteiger partial charge on any atom is 0.0699 e. The standard InChI is InChI=1S/C14H16ClN/c1-7-8(2)10(4)14-12-6-5-11(16(12)15)13(14)9(7)3/h5-6,11-12H,1-4H3. The largest absolute Gasteiger partial charge is 0.197 e. The van der Waals surface area contributed by atoms with Crippen molar-refractivity contribution in [3.05, 3.63) is 45.5 Å². The molecule has 3 rings (SSSR count). The molecule has 1 aromatic rings. The summed E-state index contributed by atoms with van der Waals surface area (Å²) in [6.07, 6.45) is 4.45. The Hall–Kier alpha value is -0.790. The molecule has 0 spiro atoms. The molecule has 0 radical (unpaired) electrons. The summed E-state index contributed by atoms with van der Waals surface area (Å²) in [5.41, 5.74) is 8.57. The van der Waals surface area contributed by atoms with Crippen LogP contribution >= 0.6 is 11.8 Å². The highest BCUT2D eigenvalue weighted by Crippen LogP contribution is 2.53. The molecule has 2 heterocycles. The van der Waals surface area contributed by atoms with E-state index in [1.165, 1.54) is 33.4 Å². The van der Waals surface area contributed by atoms with Crippen LogP contribution in [0.25, 0.3) is 0 Å². The van der Waals surface area contributed by atoms with Gasteiger partial charge in [-0.2, -0.15) is 4.42 Å². The van der Waals surface area contributed by atoms with E-state index >= 15 is 0 Å². The van der Waals surface area contributed by atoms with Crippen molar-refractivity contribution in [3.63, 3.8) is 0 Å². The Kier molecular flexibility index (Phi) is 2.02. The Morgan fingerprint density at radius 2 is 1.19 bits per heavy atom. The molecule has 2 bridgehead atoms. The Balaban J connectivity index is 2.37. The molecule has 0 saturated carbocycles. The lowest BCUT2D eigenvalue weighted by Gasteiger charge is -2.19. The number of nitrogens with zero attached hydrogens (tertiary/aromatic N) is 1. The van der Waals surface area contributed by atoms with Crippen molar-refractivity contribution < 1.29 is 0 Å². The smallest absolute Gasteiger partial charge is 0.0699 e. The zero-order valence-corrected chi connectivity index (χ0v) is 10.9. The Morgan fingerprint density at radius 1 is 0.812 bits per heavy atom. The third-order valence-corrected chi connectivity index (χ3v) is 4.80. The molecule has 0 saturated heterocycles. The van der Waals surface area contributed by atoms with Crippen molar-refractivity contribution >= 4 is 11.8 Å². The van der Waals surface area contributed by atoms with Gasteiger partial charge in [-0.25, -0.2) is 0 Å². The van der Waals surface area contributed by atoms with Gasteiger partial charge in [0.25, 0.3) is 0 Å². The van der Waals surface area contributed by atoms with Gasteiger partial charge in [0.05, 0.1) is 12.1 Å². The summed E-state index contributed by atoms with van der Waals surface area (Å²) in [5, 5.41) is 0. The van der Waals surface area contributed by atoms with E-state index in [0.29, 0.717) is 12.1 Å². The molecule has 0 aromatic heterocycles. The summed E-state index contributed by atoms with van der Waals surface area (Å²) in [6, 6.07) is 0.583. The van der Waals surface area contributed by atoms with Crippen LogP contribution in [0.5, 0.6) is 0 Å². The Bertz CT molecular complexity index is 471. The summed E-state index contributed by atoms with van der Waals surface area (Å²) in [4.78, 5) is 0. The predicted octanol–water partition coefficient (Wildman–Crippen LogP) is 4.04. The topological polar surface area (TPSA) is 3.24 Å². The minimum atomic E-state index is 0.291. The van der Waals surface area contributed by atoms with Gasteiger partial charge < -0.3 is 0 Å². The lowest BCUT2D eigenvalue weighted by molar-refractivity contribution is 0.422. The highest BCUT2D eigenvalue weighted by atomic mass is 35.5. The zero-order valence-electron chi connectivity index (χ0n) is 10.1. The molecule has 0 N–H and O–H groups in total. The summed E-state index contributed by atoms with van der Waals surface area (Å²) in [5.74, 6) is 0. The van der Waals surface area contributed by atoms with Gasteiger partial charge in [0.15, 0.2) is 0 Å². The van der Waals surface area contributed by atoms with Crippen LogP contribution in [0.2, 0.25) is 0 Å². The first kappa shape index (κ1) is 10.4. The summed E-state index contributed by atoms with van der Waals surface area (Å²) in [6.45, 7) is 8.87. The monoisotopic (exact) mass is 233 g/mol. The first-order valence-corrected chi connectivity index (χ1v) is 6.10. The fourth-order valence-electron chi connectivity index (χ4n) is 3.12. The molecule has 1 nitrogen and oxygen atoms in total. The Morgan fingerprint density at radius 3 is 1.56 bits per heavy atom. The van der Waals surface area contributed by atoms with Crippen LogP contribution in [0.15, 0.2) is 12.2 Å². The molecule has 0 aliphatic carbocycles. The fourth-order valence-corrected chi connectivity index (χ4v) is 3.45. The zero-order chi connectivity index (χ0) is 11.6. The first-order chi connectivity index (χ1) is 7.54. The van der Waals surface area contributed by atoms with Gasteiger partial charge in [0.2, 0.25) is 0 Å². The molecule has 2 unspecified atom stereocenters. The summed E-state index contributed by atoms with van der Waals surface area (Å²) < 4.78 is 1.95. The fraction of sp³-hybridized carbons (Fsp3) is 0.429. The average Bonchev–Trinajstić information content (AvgIpc) is 2.77. The first-order valence-electron chi connectivity index (χ1n) is 5.76. The van der Waals surface area contributed by atoms with E-state index in [1.807, 2.05) is 4.42 Å². The van der Waals surface area contributed by atoms with Gasteiger partial charge >= 0.3 is 0 Å². The number of rotatable bonds is 0. The maximum atomic E-state index is 6.36. The van der Waals surface area contributed by atoms with Crippen LogP contribution < -0.4 is 0 Å². The second-order valence-corrected chi connectivity index (χ2v) is 5.34. The molecule has 2 heteroatoms. The van der Waals surface area contributed by atoms with E-state index in [4.69, 9.17) is 11.8 Å². The predicted molar refractivity (Wildman–Crippen MR) is 67.7 cm³/mol. The minimum Gasteiger partial charge on any atom is -0.197 e. The third-order valence-electron chi connectivity index (χ3n) is 4.38. The molecule has 2 aliphatic heterocycles. The SMILES string of the molecule is Cc1c(C)c(C)c2c(c1C)C1C=CC2N1Cl. The van der Waals surface area contributed by atoms with Crippen LogP contribution in [0.1, 0.15) is 45.5 Å². The van der Waals surface area contributed by atoms with E-state index in [0.717, 1.165) is 0 Å². The van der Waals surface area contributed by atoms with Gasteiger partial charge in [-0.05, 0) is 72.9 Å². The van der Waals surface area contributed by atoms with Gasteiger partial charge in [-0.1, -0.05) is 12.2 Å². The van der Waals surface area contributed by atoms with Gasteiger partial charge in [0, 0.05) is 0 Å². The summed E-state index contributed by atoms with van der Waals surface area (Å²) >= 11 is 6.36. The molecule has 0 fully saturated rings. The van der Waals surface area contributed by atoms with Crippen molar-refractivity contribution in [2.24, 2.45) is 0 Å². The number of hydrogen-bond acceptors (Lipinski definition) is 1. The molecular formula is C14H16ClN. The van der Waals surface area contributed by atoms with Crippen molar-refractivity contribution in [2.75, 3.05) is 0 Å². The van der Waals surface area contributed by atoms with Crippen molar-refractivity contribution in [2.45, 2.75) is 39.8 Å². The van der Waals surface area contributed by atoms with E-state index < -0.39 is 0 Å². The molecular weight excluding hydrogens is 218 g/mol. The van der Waals surface area contributed by atoms with E-state index in [9.17, 15) is 0 Å². The normalized spacial score (nSPS) is 26.6. The van der Waals surface area contributed by atoms with Crippen molar-refractivity contribution in [3.8, 4) is 0 Å². The number of benzene rings is 1. The average molecular weight is 234 g/mol. The molecule has 1 aromatic carbocycles. The number of halogens is 1. The van der Waals surface area contributed by atoms with Crippen LogP contribution in [0.3, 0.4) is 0 Å². The second kappa shape index (κ2) is 3.12. The highest BCUT2D eigenvalue weighted by molar-refractivity contribution is 6.14. The van der Waals surface area contributed by atoms with Gasteiger partial charge in [-0.15, -0.1) is 0 Å². The number of fused-ring (bicyclic) bond motifs is 5. The maximum absolute atomic E-state index is 6.36. The van der Waals surface area contributed by atoms with Crippen LogP contribution in [-0.2, 0) is 0 Å². The summed E-state index contributed by atoms with van der Waals surface area (Å²) in [7, 11) is 0. The highest BCUT2D eigenvalue weighted by Gasteiger charge is 2.42. The Labute approximate surface area is 102 Å². The molecule has 2 atom stereocenters.